The first-order valence-electron chi connectivity index (χ1n) is 16.1. The maximum absolute atomic E-state index is 14.3. The van der Waals surface area contributed by atoms with Gasteiger partial charge in [0.2, 0.25) is 0 Å². The fourth-order valence-electron chi connectivity index (χ4n) is 7.21. The quantitative estimate of drug-likeness (QED) is 0.267. The lowest BCUT2D eigenvalue weighted by Gasteiger charge is -2.45. The van der Waals surface area contributed by atoms with Crippen LogP contribution in [0.4, 0.5) is 18.9 Å². The molecular weight excluding hydrogens is 605 g/mol. The topological polar surface area (TPSA) is 57.6 Å². The van der Waals surface area contributed by atoms with Crippen molar-refractivity contribution >= 4 is 23.4 Å². The van der Waals surface area contributed by atoms with Crippen LogP contribution < -0.4 is 14.4 Å². The van der Waals surface area contributed by atoms with Gasteiger partial charge in [0.15, 0.2) is 0 Å². The van der Waals surface area contributed by atoms with Crippen molar-refractivity contribution in [3.05, 3.63) is 95.1 Å². The summed E-state index contributed by atoms with van der Waals surface area (Å²) < 4.78 is 50.1. The molecule has 0 N–H and O–H groups in total. The molecule has 10 heteroatoms. The summed E-state index contributed by atoms with van der Waals surface area (Å²) in [5.74, 6) is 1.55. The van der Waals surface area contributed by atoms with E-state index in [0.29, 0.717) is 13.1 Å². The SMILES string of the molecule is COc1ccc(/C=C2/CCCC3C2=NN(C(=O)CN2C(C)CN(c4ccc(C(F)(F)F)cc4)CC2C)C3c2ccc(OC)cc2)cc1. The van der Waals surface area contributed by atoms with Gasteiger partial charge in [0.1, 0.15) is 11.5 Å². The number of ether oxygens (including phenoxy) is 2. The van der Waals surface area contributed by atoms with Crippen molar-refractivity contribution in [3.8, 4) is 11.5 Å². The number of allylic oxidation sites excluding steroid dienone is 1. The number of alkyl halides is 3. The molecule has 4 unspecified atom stereocenters. The molecule has 7 nitrogen and oxygen atoms in total. The molecule has 3 aromatic rings. The van der Waals surface area contributed by atoms with E-state index in [9.17, 15) is 18.0 Å². The van der Waals surface area contributed by atoms with Crippen molar-refractivity contribution in [2.24, 2.45) is 11.0 Å². The zero-order valence-corrected chi connectivity index (χ0v) is 27.2. The van der Waals surface area contributed by atoms with Gasteiger partial charge >= 0.3 is 6.18 Å². The molecule has 0 radical (unpaired) electrons. The number of fused-ring (bicyclic) bond motifs is 1. The third-order valence-electron chi connectivity index (χ3n) is 9.65. The number of carbonyl (C=O) groups excluding carboxylic acids is 1. The van der Waals surface area contributed by atoms with Crippen LogP contribution in [0.1, 0.15) is 55.8 Å². The summed E-state index contributed by atoms with van der Waals surface area (Å²) in [6, 6.07) is 20.9. The first-order chi connectivity index (χ1) is 22.5. The molecule has 3 aromatic carbocycles. The van der Waals surface area contributed by atoms with E-state index in [2.05, 4.69) is 29.7 Å². The Balaban J connectivity index is 1.24. The molecule has 4 atom stereocenters. The van der Waals surface area contributed by atoms with Crippen LogP contribution in [0.5, 0.6) is 11.5 Å². The average Bonchev–Trinajstić information content (AvgIpc) is 3.47. The Bertz CT molecular complexity index is 1610. The molecule has 0 aromatic heterocycles. The Morgan fingerprint density at radius 2 is 1.49 bits per heavy atom. The molecule has 2 fully saturated rings. The van der Waals surface area contributed by atoms with E-state index in [-0.39, 0.29) is 36.5 Å². The number of nitrogens with zero attached hydrogens (tertiary/aromatic N) is 4. The molecule has 1 saturated heterocycles. The minimum Gasteiger partial charge on any atom is -0.497 e. The Labute approximate surface area is 274 Å². The van der Waals surface area contributed by atoms with Crippen molar-refractivity contribution in [1.82, 2.24) is 9.91 Å². The summed E-state index contributed by atoms with van der Waals surface area (Å²) in [5.41, 5.74) is 4.27. The third kappa shape index (κ3) is 6.88. The molecule has 47 heavy (non-hydrogen) atoms. The number of piperazine rings is 1. The second-order valence-electron chi connectivity index (χ2n) is 12.7. The predicted molar refractivity (Wildman–Crippen MR) is 178 cm³/mol. The van der Waals surface area contributed by atoms with Crippen molar-refractivity contribution in [2.75, 3.05) is 38.8 Å². The van der Waals surface area contributed by atoms with Gasteiger partial charge in [-0.05, 0) is 104 Å². The van der Waals surface area contributed by atoms with Crippen molar-refractivity contribution in [2.45, 2.75) is 57.4 Å². The van der Waals surface area contributed by atoms with Crippen molar-refractivity contribution in [3.63, 3.8) is 0 Å². The van der Waals surface area contributed by atoms with Gasteiger partial charge in [-0.2, -0.15) is 18.3 Å². The van der Waals surface area contributed by atoms with E-state index in [4.69, 9.17) is 14.6 Å². The monoisotopic (exact) mass is 646 g/mol. The molecule has 6 rings (SSSR count). The lowest BCUT2D eigenvalue weighted by atomic mass is 9.77. The van der Waals surface area contributed by atoms with Gasteiger partial charge in [0.05, 0.1) is 38.1 Å². The Morgan fingerprint density at radius 1 is 0.894 bits per heavy atom. The summed E-state index contributed by atoms with van der Waals surface area (Å²) >= 11 is 0. The van der Waals surface area contributed by atoms with Crippen LogP contribution in [0.15, 0.2) is 83.5 Å². The predicted octanol–water partition coefficient (Wildman–Crippen LogP) is 7.44. The summed E-state index contributed by atoms with van der Waals surface area (Å²) in [5, 5.41) is 6.78. The minimum atomic E-state index is -4.37. The highest BCUT2D eigenvalue weighted by Crippen LogP contribution is 2.45. The second kappa shape index (κ2) is 13.4. The van der Waals surface area contributed by atoms with E-state index < -0.39 is 11.7 Å². The summed E-state index contributed by atoms with van der Waals surface area (Å²) in [7, 11) is 3.29. The van der Waals surface area contributed by atoms with Gasteiger partial charge in [-0.25, -0.2) is 5.01 Å². The molecule has 3 aliphatic rings. The molecular formula is C37H41F3N4O3. The molecule has 2 aliphatic heterocycles. The summed E-state index contributed by atoms with van der Waals surface area (Å²) in [6.07, 6.45) is 0.621. The number of amides is 1. The van der Waals surface area contributed by atoms with E-state index in [1.54, 1.807) is 19.2 Å². The highest BCUT2D eigenvalue weighted by molar-refractivity contribution is 6.08. The van der Waals surface area contributed by atoms with E-state index >= 15 is 0 Å². The Kier molecular flexibility index (Phi) is 9.32. The van der Waals surface area contributed by atoms with E-state index in [1.807, 2.05) is 48.5 Å². The number of hydrazone groups is 1. The first kappa shape index (κ1) is 32.6. The number of benzene rings is 3. The minimum absolute atomic E-state index is 0.00695. The zero-order valence-electron chi connectivity index (χ0n) is 27.2. The molecule has 0 bridgehead atoms. The largest absolute Gasteiger partial charge is 0.497 e. The van der Waals surface area contributed by atoms with Crippen LogP contribution in [-0.2, 0) is 11.0 Å². The number of anilines is 1. The van der Waals surface area contributed by atoms with Gasteiger partial charge < -0.3 is 14.4 Å². The van der Waals surface area contributed by atoms with Crippen LogP contribution >= 0.6 is 0 Å². The lowest BCUT2D eigenvalue weighted by Crippen LogP contribution is -2.58. The molecule has 248 valence electrons. The third-order valence-corrected chi connectivity index (χ3v) is 9.65. The van der Waals surface area contributed by atoms with Gasteiger partial charge in [-0.3, -0.25) is 9.69 Å². The Hall–Kier alpha value is -4.31. The maximum Gasteiger partial charge on any atom is 0.416 e. The highest BCUT2D eigenvalue weighted by atomic mass is 19.4. The molecule has 1 saturated carbocycles. The molecule has 2 heterocycles. The maximum atomic E-state index is 14.3. The normalized spacial score (nSPS) is 24.2. The smallest absolute Gasteiger partial charge is 0.416 e. The molecule has 1 amide bonds. The number of hydrogen-bond donors (Lipinski definition) is 0. The number of halogens is 3. The van der Waals surface area contributed by atoms with Gasteiger partial charge in [0, 0.05) is 36.8 Å². The van der Waals surface area contributed by atoms with Crippen LogP contribution in [0.3, 0.4) is 0 Å². The first-order valence-corrected chi connectivity index (χ1v) is 16.1. The Morgan fingerprint density at radius 3 is 2.06 bits per heavy atom. The summed E-state index contributed by atoms with van der Waals surface area (Å²) in [4.78, 5) is 18.6. The van der Waals surface area contributed by atoms with Crippen LogP contribution in [0.2, 0.25) is 0 Å². The van der Waals surface area contributed by atoms with E-state index in [0.717, 1.165) is 71.0 Å². The lowest BCUT2D eigenvalue weighted by molar-refractivity contribution is -0.137. The van der Waals surface area contributed by atoms with Gasteiger partial charge in [0.25, 0.3) is 5.91 Å². The molecule has 1 aliphatic carbocycles. The molecule has 0 spiro atoms. The van der Waals surface area contributed by atoms with Crippen molar-refractivity contribution in [1.29, 1.82) is 0 Å². The zero-order chi connectivity index (χ0) is 33.3. The standard InChI is InChI=1S/C37H41F3N4O3/c1-24-21-42(30-14-12-29(13-15-30)37(38,39)40)22-25(2)43(24)23-34(45)44-36(27-10-18-32(47-4)19-11-27)33-7-5-6-28(35(33)41-44)20-26-8-16-31(46-3)17-9-26/h8-20,24-25,33,36H,5-7,21-23H2,1-4H3/b28-20-. The van der Waals surface area contributed by atoms with Crippen LogP contribution in [-0.4, -0.2) is 67.5 Å². The van der Waals surface area contributed by atoms with Crippen LogP contribution in [0, 0.1) is 5.92 Å². The number of rotatable bonds is 7. The van der Waals surface area contributed by atoms with Gasteiger partial charge in [-0.1, -0.05) is 24.3 Å². The van der Waals surface area contributed by atoms with Crippen molar-refractivity contribution < 1.29 is 27.4 Å². The average molecular weight is 647 g/mol. The highest BCUT2D eigenvalue weighted by Gasteiger charge is 2.44. The fourth-order valence-corrected chi connectivity index (χ4v) is 7.21. The second-order valence-corrected chi connectivity index (χ2v) is 12.7. The fraction of sp³-hybridized carbons (Fsp3) is 0.405. The number of carbonyl (C=O) groups is 1. The summed E-state index contributed by atoms with van der Waals surface area (Å²) in [6.45, 7) is 5.50. The van der Waals surface area contributed by atoms with Crippen LogP contribution in [0.25, 0.3) is 6.08 Å². The van der Waals surface area contributed by atoms with Gasteiger partial charge in [-0.15, -0.1) is 0 Å². The van der Waals surface area contributed by atoms with E-state index in [1.165, 1.54) is 12.1 Å². The number of hydrogen-bond acceptors (Lipinski definition) is 6. The number of methoxy groups -OCH3 is 2.